The predicted molar refractivity (Wildman–Crippen MR) is 125 cm³/mol. The van der Waals surface area contributed by atoms with E-state index in [1.165, 1.54) is 34.1 Å². The molecule has 0 fully saturated rings. The fourth-order valence-corrected chi connectivity index (χ4v) is 5.47. The summed E-state index contributed by atoms with van der Waals surface area (Å²) in [6.07, 6.45) is 1.43. The van der Waals surface area contributed by atoms with Gasteiger partial charge in [-0.25, -0.2) is 14.2 Å². The average Bonchev–Trinajstić information content (AvgIpc) is 3.37. The van der Waals surface area contributed by atoms with Crippen molar-refractivity contribution >= 4 is 46.3 Å². The molecule has 0 N–H and O–H groups in total. The maximum absolute atomic E-state index is 14.3. The van der Waals surface area contributed by atoms with Gasteiger partial charge >= 0.3 is 5.97 Å². The van der Waals surface area contributed by atoms with Crippen molar-refractivity contribution in [3.8, 4) is 0 Å². The number of benzene rings is 1. The molecule has 32 heavy (non-hydrogen) atoms. The Morgan fingerprint density at radius 1 is 1.34 bits per heavy atom. The van der Waals surface area contributed by atoms with Crippen LogP contribution >= 0.6 is 34.3 Å². The van der Waals surface area contributed by atoms with E-state index < -0.39 is 17.8 Å². The highest BCUT2D eigenvalue weighted by molar-refractivity contribution is 7.10. The molecule has 0 saturated carbocycles. The summed E-state index contributed by atoms with van der Waals surface area (Å²) in [4.78, 5) is 32.2. The summed E-state index contributed by atoms with van der Waals surface area (Å²) in [5, 5.41) is 2.09. The van der Waals surface area contributed by atoms with Crippen molar-refractivity contribution in [2.75, 3.05) is 6.61 Å². The zero-order valence-electron chi connectivity index (χ0n) is 17.6. The van der Waals surface area contributed by atoms with Crippen LogP contribution in [0, 0.1) is 11.7 Å². The molecule has 3 heterocycles. The van der Waals surface area contributed by atoms with E-state index in [0.29, 0.717) is 16.1 Å². The van der Waals surface area contributed by atoms with Crippen molar-refractivity contribution in [2.45, 2.75) is 26.8 Å². The second-order valence-corrected chi connectivity index (χ2v) is 10.1. The van der Waals surface area contributed by atoms with Gasteiger partial charge in [-0.3, -0.25) is 9.36 Å². The second-order valence-electron chi connectivity index (χ2n) is 7.72. The Labute approximate surface area is 196 Å². The van der Waals surface area contributed by atoms with Gasteiger partial charge < -0.3 is 4.74 Å². The van der Waals surface area contributed by atoms with Gasteiger partial charge in [-0.1, -0.05) is 48.9 Å². The van der Waals surface area contributed by atoms with Gasteiger partial charge in [0.1, 0.15) is 11.9 Å². The highest BCUT2D eigenvalue weighted by Gasteiger charge is 2.34. The van der Waals surface area contributed by atoms with E-state index in [0.717, 1.165) is 16.2 Å². The molecule has 0 aliphatic carbocycles. The Balaban J connectivity index is 1.91. The van der Waals surface area contributed by atoms with Gasteiger partial charge in [-0.15, -0.1) is 11.3 Å². The maximum atomic E-state index is 14.3. The molecule has 2 aromatic heterocycles. The molecular weight excluding hydrogens is 471 g/mol. The van der Waals surface area contributed by atoms with Gasteiger partial charge in [0.2, 0.25) is 0 Å². The molecule has 166 valence electrons. The number of thiazole rings is 1. The molecule has 3 aromatic rings. The number of fused-ring (bicyclic) bond motifs is 1. The summed E-state index contributed by atoms with van der Waals surface area (Å²) in [5.41, 5.74) is 0.595. The van der Waals surface area contributed by atoms with Gasteiger partial charge in [0.25, 0.3) is 5.56 Å². The minimum atomic E-state index is -0.663. The molecule has 5 nitrogen and oxygen atoms in total. The van der Waals surface area contributed by atoms with Crippen LogP contribution in [0.5, 0.6) is 0 Å². The number of allylic oxidation sites excluding steroid dienone is 1. The fourth-order valence-electron chi connectivity index (χ4n) is 3.40. The monoisotopic (exact) mass is 490 g/mol. The molecule has 0 spiro atoms. The van der Waals surface area contributed by atoms with Crippen molar-refractivity contribution in [3.63, 3.8) is 0 Å². The molecule has 0 amide bonds. The van der Waals surface area contributed by atoms with Crippen molar-refractivity contribution in [1.29, 1.82) is 0 Å². The normalized spacial score (nSPS) is 16.3. The maximum Gasteiger partial charge on any atom is 0.338 e. The zero-order chi connectivity index (χ0) is 23.0. The predicted octanol–water partition coefficient (Wildman–Crippen LogP) is 4.29. The first kappa shape index (κ1) is 22.6. The number of rotatable bonds is 5. The van der Waals surface area contributed by atoms with Gasteiger partial charge in [0.15, 0.2) is 4.80 Å². The number of nitrogens with zero attached hydrogens (tertiary/aromatic N) is 2. The van der Waals surface area contributed by atoms with Crippen molar-refractivity contribution in [3.05, 3.63) is 88.0 Å². The van der Waals surface area contributed by atoms with Crippen LogP contribution in [0.1, 0.15) is 37.3 Å². The number of carbonyl (C=O) groups excluding carboxylic acids is 1. The Bertz CT molecular complexity index is 1370. The highest BCUT2D eigenvalue weighted by Crippen LogP contribution is 2.33. The lowest BCUT2D eigenvalue weighted by molar-refractivity contribution is -0.140. The van der Waals surface area contributed by atoms with Crippen LogP contribution in [0.15, 0.2) is 56.8 Å². The minimum Gasteiger partial charge on any atom is -0.462 e. The summed E-state index contributed by atoms with van der Waals surface area (Å²) in [5.74, 6) is -0.844. The topological polar surface area (TPSA) is 60.7 Å². The summed E-state index contributed by atoms with van der Waals surface area (Å²) < 4.78 is 21.6. The molecule has 1 atom stereocenters. The molecule has 9 heteroatoms. The summed E-state index contributed by atoms with van der Waals surface area (Å²) in [6.45, 7) is 5.91. The van der Waals surface area contributed by atoms with E-state index in [2.05, 4.69) is 4.99 Å². The number of carbonyl (C=O) groups is 1. The Hall–Kier alpha value is -2.55. The van der Waals surface area contributed by atoms with E-state index in [9.17, 15) is 14.0 Å². The number of hydrogen-bond acceptors (Lipinski definition) is 6. The Morgan fingerprint density at radius 3 is 2.78 bits per heavy atom. The zero-order valence-corrected chi connectivity index (χ0v) is 20.0. The highest BCUT2D eigenvalue weighted by atomic mass is 35.5. The van der Waals surface area contributed by atoms with Crippen LogP contribution in [0.3, 0.4) is 0 Å². The van der Waals surface area contributed by atoms with E-state index in [1.807, 2.05) is 31.4 Å². The number of aromatic nitrogens is 1. The number of esters is 1. The van der Waals surface area contributed by atoms with Gasteiger partial charge in [-0.2, -0.15) is 0 Å². The Kier molecular flexibility index (Phi) is 6.46. The first-order chi connectivity index (χ1) is 15.3. The molecule has 0 unspecified atom stereocenters. The van der Waals surface area contributed by atoms with Crippen LogP contribution in [-0.2, 0) is 9.53 Å². The SMILES string of the molecule is CC1=C(C(=O)OCC(C)C)[C@@H](c2cccs2)n2c(s/c(=C\c3c(F)cccc3Cl)c2=O)=N1. The molecule has 1 aromatic carbocycles. The van der Waals surface area contributed by atoms with Gasteiger partial charge in [-0.05, 0) is 42.5 Å². The Morgan fingerprint density at radius 2 is 2.12 bits per heavy atom. The molecule has 1 aliphatic heterocycles. The van der Waals surface area contributed by atoms with E-state index in [1.54, 1.807) is 13.0 Å². The van der Waals surface area contributed by atoms with E-state index >= 15 is 0 Å². The molecule has 0 saturated heterocycles. The second kappa shape index (κ2) is 9.13. The molecule has 4 rings (SSSR count). The fraction of sp³-hybridized carbons (Fsp3) is 0.261. The summed E-state index contributed by atoms with van der Waals surface area (Å²) in [6, 6.07) is 7.43. The largest absolute Gasteiger partial charge is 0.462 e. The lowest BCUT2D eigenvalue weighted by Crippen LogP contribution is -2.39. The van der Waals surface area contributed by atoms with Crippen LogP contribution in [0.2, 0.25) is 5.02 Å². The summed E-state index contributed by atoms with van der Waals surface area (Å²) in [7, 11) is 0. The quantitative estimate of drug-likeness (QED) is 0.501. The summed E-state index contributed by atoms with van der Waals surface area (Å²) >= 11 is 8.72. The van der Waals surface area contributed by atoms with E-state index in [4.69, 9.17) is 16.3 Å². The average molecular weight is 491 g/mol. The molecule has 0 radical (unpaired) electrons. The standard InChI is InChI=1S/C23H20ClFN2O3S2/c1-12(2)11-30-22(29)19-13(3)26-23-27(20(19)17-8-5-9-31-17)21(28)18(32-23)10-14-15(24)6-4-7-16(14)25/h4-10,12,20H,11H2,1-3H3/b18-10-/t20-/m1/s1. The lowest BCUT2D eigenvalue weighted by atomic mass is 10.0. The smallest absolute Gasteiger partial charge is 0.338 e. The third-order valence-corrected chi connectivity index (χ3v) is 7.11. The number of halogens is 2. The lowest BCUT2D eigenvalue weighted by Gasteiger charge is -2.23. The molecule has 1 aliphatic rings. The number of thiophene rings is 1. The van der Waals surface area contributed by atoms with Crippen LogP contribution in [0.25, 0.3) is 6.08 Å². The third kappa shape index (κ3) is 4.22. The van der Waals surface area contributed by atoms with Gasteiger partial charge in [0.05, 0.1) is 27.4 Å². The van der Waals surface area contributed by atoms with Gasteiger partial charge in [0, 0.05) is 10.4 Å². The molecular formula is C23H20ClFN2O3S2. The number of hydrogen-bond donors (Lipinski definition) is 0. The minimum absolute atomic E-state index is 0.138. The number of ether oxygens (including phenoxy) is 1. The van der Waals surface area contributed by atoms with Crippen LogP contribution in [-0.4, -0.2) is 17.1 Å². The molecule has 0 bridgehead atoms. The van der Waals surface area contributed by atoms with Crippen LogP contribution < -0.4 is 14.9 Å². The van der Waals surface area contributed by atoms with Crippen molar-refractivity contribution in [1.82, 2.24) is 4.57 Å². The third-order valence-electron chi connectivity index (χ3n) is 4.88. The first-order valence-electron chi connectivity index (χ1n) is 9.95. The van der Waals surface area contributed by atoms with Crippen molar-refractivity contribution in [2.24, 2.45) is 10.9 Å². The first-order valence-corrected chi connectivity index (χ1v) is 12.0. The van der Waals surface area contributed by atoms with E-state index in [-0.39, 0.29) is 33.2 Å². The van der Waals surface area contributed by atoms with Crippen molar-refractivity contribution < 1.29 is 13.9 Å². The van der Waals surface area contributed by atoms with Crippen LogP contribution in [0.4, 0.5) is 4.39 Å².